The van der Waals surface area contributed by atoms with E-state index in [0.717, 1.165) is 4.57 Å². The van der Waals surface area contributed by atoms with E-state index in [1.165, 1.54) is 12.3 Å². The first-order valence-electron chi connectivity index (χ1n) is 8.11. The number of pyridine rings is 2. The summed E-state index contributed by atoms with van der Waals surface area (Å²) >= 11 is 0. The maximum absolute atomic E-state index is 12.9. The van der Waals surface area contributed by atoms with Crippen molar-refractivity contribution in [3.8, 4) is 0 Å². The lowest BCUT2D eigenvalue weighted by atomic mass is 10.0. The number of hydrogen-bond donors (Lipinski definition) is 1. The molecule has 1 aromatic carbocycles. The summed E-state index contributed by atoms with van der Waals surface area (Å²) in [6.45, 7) is 0.166. The highest BCUT2D eigenvalue weighted by Gasteiger charge is 2.29. The SMILES string of the molecule is O=C(NCc1ccccn1)C(C(=O)c1ccccc1)n1ccccc1=O. The summed E-state index contributed by atoms with van der Waals surface area (Å²) in [4.78, 5) is 42.0. The van der Waals surface area contributed by atoms with Crippen LogP contribution in [0, 0.1) is 0 Å². The highest BCUT2D eigenvalue weighted by atomic mass is 16.2. The fourth-order valence-electron chi connectivity index (χ4n) is 2.56. The summed E-state index contributed by atoms with van der Waals surface area (Å²) in [5.74, 6) is -1.00. The van der Waals surface area contributed by atoms with Crippen molar-refractivity contribution in [3.05, 3.63) is 101 Å². The van der Waals surface area contributed by atoms with E-state index >= 15 is 0 Å². The zero-order chi connectivity index (χ0) is 18.4. The van der Waals surface area contributed by atoms with Gasteiger partial charge in [-0.05, 0) is 18.2 Å². The molecular weight excluding hydrogens is 330 g/mol. The third-order valence-electron chi connectivity index (χ3n) is 3.85. The zero-order valence-corrected chi connectivity index (χ0v) is 13.9. The standard InChI is InChI=1S/C20H17N3O3/c24-17-11-5-7-13-23(17)18(19(25)15-8-2-1-3-9-15)20(26)22-14-16-10-4-6-12-21-16/h1-13,18H,14H2,(H,22,26). The zero-order valence-electron chi connectivity index (χ0n) is 13.9. The second-order valence-electron chi connectivity index (χ2n) is 5.62. The van der Waals surface area contributed by atoms with Crippen LogP contribution in [0.15, 0.2) is 83.9 Å². The van der Waals surface area contributed by atoms with E-state index in [0.29, 0.717) is 11.3 Å². The second kappa shape index (κ2) is 8.02. The maximum Gasteiger partial charge on any atom is 0.251 e. The van der Waals surface area contributed by atoms with Crippen molar-refractivity contribution in [2.24, 2.45) is 0 Å². The number of benzene rings is 1. The van der Waals surface area contributed by atoms with Crippen LogP contribution in [0.25, 0.3) is 0 Å². The van der Waals surface area contributed by atoms with Gasteiger partial charge >= 0.3 is 0 Å². The van der Waals surface area contributed by atoms with Gasteiger partial charge in [0.05, 0.1) is 12.2 Å². The van der Waals surface area contributed by atoms with Crippen LogP contribution in [0.4, 0.5) is 0 Å². The third kappa shape index (κ3) is 3.92. The molecule has 2 heterocycles. The van der Waals surface area contributed by atoms with Gasteiger partial charge in [0.15, 0.2) is 11.8 Å². The first-order valence-corrected chi connectivity index (χ1v) is 8.11. The fraction of sp³-hybridized carbons (Fsp3) is 0.100. The molecule has 0 aliphatic rings. The molecule has 0 spiro atoms. The van der Waals surface area contributed by atoms with E-state index in [2.05, 4.69) is 10.3 Å². The van der Waals surface area contributed by atoms with E-state index < -0.39 is 23.3 Å². The second-order valence-corrected chi connectivity index (χ2v) is 5.62. The number of nitrogens with zero attached hydrogens (tertiary/aromatic N) is 2. The van der Waals surface area contributed by atoms with Gasteiger partial charge in [0.2, 0.25) is 0 Å². The molecule has 0 fully saturated rings. The number of amides is 1. The molecule has 0 aliphatic carbocycles. The van der Waals surface area contributed by atoms with Gasteiger partial charge in [-0.3, -0.25) is 23.9 Å². The minimum atomic E-state index is -1.28. The van der Waals surface area contributed by atoms with Gasteiger partial charge in [-0.25, -0.2) is 0 Å². The predicted molar refractivity (Wildman–Crippen MR) is 96.6 cm³/mol. The molecule has 1 amide bonds. The summed E-state index contributed by atoms with van der Waals surface area (Å²) in [6, 6.07) is 17.0. The van der Waals surface area contributed by atoms with Crippen LogP contribution in [-0.2, 0) is 11.3 Å². The lowest BCUT2D eigenvalue weighted by Gasteiger charge is -2.18. The molecule has 1 N–H and O–H groups in total. The van der Waals surface area contributed by atoms with E-state index in [4.69, 9.17) is 0 Å². The van der Waals surface area contributed by atoms with E-state index in [1.54, 1.807) is 60.8 Å². The van der Waals surface area contributed by atoms with Crippen LogP contribution >= 0.6 is 0 Å². The molecule has 0 saturated carbocycles. The Morgan fingerprint density at radius 3 is 2.38 bits per heavy atom. The van der Waals surface area contributed by atoms with Gasteiger partial charge in [0.1, 0.15) is 0 Å². The van der Waals surface area contributed by atoms with Crippen molar-refractivity contribution in [2.45, 2.75) is 12.6 Å². The molecule has 2 aromatic heterocycles. The number of aromatic nitrogens is 2. The van der Waals surface area contributed by atoms with Gasteiger partial charge in [0, 0.05) is 24.0 Å². The van der Waals surface area contributed by atoms with Crippen molar-refractivity contribution in [2.75, 3.05) is 0 Å². The summed E-state index contributed by atoms with van der Waals surface area (Å²) < 4.78 is 1.14. The molecule has 1 atom stereocenters. The molecule has 26 heavy (non-hydrogen) atoms. The summed E-state index contributed by atoms with van der Waals surface area (Å²) in [6.07, 6.45) is 3.06. The molecule has 3 rings (SSSR count). The van der Waals surface area contributed by atoms with Crippen molar-refractivity contribution < 1.29 is 9.59 Å². The van der Waals surface area contributed by atoms with Crippen molar-refractivity contribution in [1.82, 2.24) is 14.9 Å². The lowest BCUT2D eigenvalue weighted by Crippen LogP contribution is -2.41. The first-order chi connectivity index (χ1) is 12.7. The highest BCUT2D eigenvalue weighted by Crippen LogP contribution is 2.14. The van der Waals surface area contributed by atoms with Crippen LogP contribution in [0.2, 0.25) is 0 Å². The Hall–Kier alpha value is -3.54. The van der Waals surface area contributed by atoms with Gasteiger partial charge in [-0.2, -0.15) is 0 Å². The van der Waals surface area contributed by atoms with Gasteiger partial charge in [0.25, 0.3) is 11.5 Å². The number of nitrogens with one attached hydrogen (secondary N) is 1. The van der Waals surface area contributed by atoms with Gasteiger partial charge < -0.3 is 5.32 Å². The molecule has 0 bridgehead atoms. The minimum Gasteiger partial charge on any atom is -0.348 e. The molecule has 6 heteroatoms. The quantitative estimate of drug-likeness (QED) is 0.546. The average Bonchev–Trinajstić information content (AvgIpc) is 2.69. The van der Waals surface area contributed by atoms with Crippen LogP contribution in [0.3, 0.4) is 0 Å². The van der Waals surface area contributed by atoms with Crippen molar-refractivity contribution >= 4 is 11.7 Å². The number of carbonyl (C=O) groups is 2. The Morgan fingerprint density at radius 1 is 0.962 bits per heavy atom. The van der Waals surface area contributed by atoms with Crippen LogP contribution < -0.4 is 10.9 Å². The summed E-state index contributed by atoms with van der Waals surface area (Å²) in [5, 5.41) is 2.69. The van der Waals surface area contributed by atoms with Gasteiger partial charge in [-0.15, -0.1) is 0 Å². The number of ketones is 1. The Balaban J connectivity index is 1.90. The first kappa shape index (κ1) is 17.3. The minimum absolute atomic E-state index is 0.166. The summed E-state index contributed by atoms with van der Waals surface area (Å²) in [7, 11) is 0. The summed E-state index contributed by atoms with van der Waals surface area (Å²) in [5.41, 5.74) is 0.600. The largest absolute Gasteiger partial charge is 0.348 e. The molecule has 3 aromatic rings. The Kier molecular flexibility index (Phi) is 5.34. The van der Waals surface area contributed by atoms with Crippen LogP contribution in [0.5, 0.6) is 0 Å². The van der Waals surface area contributed by atoms with Gasteiger partial charge in [-0.1, -0.05) is 42.5 Å². The molecule has 1 unspecified atom stereocenters. The predicted octanol–water partition coefficient (Wildman–Crippen LogP) is 1.98. The molecule has 130 valence electrons. The molecule has 0 saturated heterocycles. The van der Waals surface area contributed by atoms with E-state index in [9.17, 15) is 14.4 Å². The molecule has 0 radical (unpaired) electrons. The van der Waals surface area contributed by atoms with Crippen molar-refractivity contribution in [1.29, 1.82) is 0 Å². The number of Topliss-reactive ketones (excluding diaryl/α,β-unsaturated/α-hetero) is 1. The maximum atomic E-state index is 12.9. The van der Waals surface area contributed by atoms with Crippen LogP contribution in [-0.4, -0.2) is 21.2 Å². The van der Waals surface area contributed by atoms with Crippen molar-refractivity contribution in [3.63, 3.8) is 0 Å². The molecule has 6 nitrogen and oxygen atoms in total. The lowest BCUT2D eigenvalue weighted by molar-refractivity contribution is -0.123. The monoisotopic (exact) mass is 347 g/mol. The highest BCUT2D eigenvalue weighted by molar-refractivity contribution is 6.11. The van der Waals surface area contributed by atoms with Crippen LogP contribution in [0.1, 0.15) is 22.1 Å². The topological polar surface area (TPSA) is 81.1 Å². The number of carbonyl (C=O) groups excluding carboxylic acids is 2. The number of hydrogen-bond acceptors (Lipinski definition) is 4. The smallest absolute Gasteiger partial charge is 0.251 e. The van der Waals surface area contributed by atoms with E-state index in [-0.39, 0.29) is 6.54 Å². The Morgan fingerprint density at radius 2 is 1.69 bits per heavy atom. The normalized spacial score (nSPS) is 11.5. The third-order valence-corrected chi connectivity index (χ3v) is 3.85. The van der Waals surface area contributed by atoms with E-state index in [1.807, 2.05) is 6.07 Å². The fourth-order valence-corrected chi connectivity index (χ4v) is 2.56. The molecular formula is C20H17N3O3. The number of rotatable bonds is 6. The average molecular weight is 347 g/mol. The molecule has 0 aliphatic heterocycles. The Labute approximate surface area is 150 Å². The Bertz CT molecular complexity index is 953.